The molecule has 0 aliphatic carbocycles. The summed E-state index contributed by atoms with van der Waals surface area (Å²) in [6.07, 6.45) is -0.714. The Balaban J connectivity index is 2.71. The van der Waals surface area contributed by atoms with Gasteiger partial charge in [-0.3, -0.25) is 0 Å². The van der Waals surface area contributed by atoms with Crippen molar-refractivity contribution in [3.8, 4) is 0 Å². The average Bonchev–Trinajstić information content (AvgIpc) is 2.36. The number of carboxylic acids is 1. The van der Waals surface area contributed by atoms with Crippen molar-refractivity contribution in [3.05, 3.63) is 34.7 Å². The number of rotatable bonds is 5. The number of carboxylic acid groups (broad SMARTS) is 1. The number of nitrogens with zero attached hydrogens (tertiary/aromatic N) is 1. The van der Waals surface area contributed by atoms with Gasteiger partial charge in [-0.05, 0) is 43.6 Å². The zero-order valence-electron chi connectivity index (χ0n) is 12.1. The lowest BCUT2D eigenvalue weighted by atomic mass is 10.1. The van der Waals surface area contributed by atoms with Crippen LogP contribution >= 0.6 is 0 Å². The highest BCUT2D eigenvalue weighted by atomic mass is 16.6. The first-order valence-electron chi connectivity index (χ1n) is 6.36. The Bertz CT molecular complexity index is 519. The van der Waals surface area contributed by atoms with E-state index in [1.165, 1.54) is 12.1 Å². The number of hydrogen-bond acceptors (Lipinski definition) is 5. The molecule has 0 saturated carbocycles. The van der Waals surface area contributed by atoms with Gasteiger partial charge in [0.15, 0.2) is 0 Å². The molecule has 7 heteroatoms. The van der Waals surface area contributed by atoms with Gasteiger partial charge >= 0.3 is 12.1 Å². The monoisotopic (exact) mass is 294 g/mol. The first kappa shape index (κ1) is 16.6. The molecule has 1 aromatic rings. The number of nitroso groups, excluding NO2 is 1. The van der Waals surface area contributed by atoms with Crippen LogP contribution < -0.4 is 5.32 Å². The fraction of sp³-hybridized carbons (Fsp3) is 0.429. The molecule has 0 aliphatic rings. The van der Waals surface area contributed by atoms with Crippen molar-refractivity contribution in [2.75, 3.05) is 0 Å². The number of hydrogen-bond donors (Lipinski definition) is 2. The Morgan fingerprint density at radius 1 is 1.29 bits per heavy atom. The van der Waals surface area contributed by atoms with Crippen molar-refractivity contribution < 1.29 is 19.4 Å². The molecular formula is C14H18N2O5. The normalized spacial score (nSPS) is 12.3. The number of aliphatic carboxylic acids is 1. The molecule has 1 rings (SSSR count). The number of benzene rings is 1. The zero-order valence-corrected chi connectivity index (χ0v) is 12.1. The van der Waals surface area contributed by atoms with E-state index < -0.39 is 23.7 Å². The number of alkyl carbamates (subject to hydrolysis) is 1. The van der Waals surface area contributed by atoms with Crippen LogP contribution in [0.25, 0.3) is 0 Å². The Kier molecular flexibility index (Phi) is 5.40. The van der Waals surface area contributed by atoms with Crippen LogP contribution in [0.3, 0.4) is 0 Å². The summed E-state index contributed by atoms with van der Waals surface area (Å²) in [5.74, 6) is -1.17. The molecular weight excluding hydrogens is 276 g/mol. The van der Waals surface area contributed by atoms with Gasteiger partial charge in [0, 0.05) is 6.42 Å². The van der Waals surface area contributed by atoms with Gasteiger partial charge in [-0.1, -0.05) is 12.1 Å². The maximum atomic E-state index is 11.6. The summed E-state index contributed by atoms with van der Waals surface area (Å²) in [5, 5.41) is 14.2. The van der Waals surface area contributed by atoms with Gasteiger partial charge < -0.3 is 15.2 Å². The SMILES string of the molecule is CC(C)(C)OC(=O)NC(Cc1ccc(N=O)cc1)C(=O)O. The van der Waals surface area contributed by atoms with Crippen molar-refractivity contribution in [3.63, 3.8) is 0 Å². The second-order valence-electron chi connectivity index (χ2n) is 5.50. The molecule has 114 valence electrons. The van der Waals surface area contributed by atoms with Gasteiger partial charge in [-0.25, -0.2) is 9.59 Å². The van der Waals surface area contributed by atoms with Crippen LogP contribution in [0.1, 0.15) is 26.3 Å². The Morgan fingerprint density at radius 3 is 2.29 bits per heavy atom. The van der Waals surface area contributed by atoms with Gasteiger partial charge in [0.1, 0.15) is 17.3 Å². The number of carbonyl (C=O) groups is 2. The fourth-order valence-electron chi connectivity index (χ4n) is 1.58. The lowest BCUT2D eigenvalue weighted by molar-refractivity contribution is -0.139. The molecule has 7 nitrogen and oxygen atoms in total. The van der Waals surface area contributed by atoms with Crippen molar-refractivity contribution in [2.24, 2.45) is 5.18 Å². The quantitative estimate of drug-likeness (QED) is 0.812. The highest BCUT2D eigenvalue weighted by Crippen LogP contribution is 2.14. The van der Waals surface area contributed by atoms with Crippen LogP contribution in [-0.2, 0) is 16.0 Å². The van der Waals surface area contributed by atoms with Crippen molar-refractivity contribution in [2.45, 2.75) is 38.8 Å². The van der Waals surface area contributed by atoms with E-state index in [0.29, 0.717) is 5.56 Å². The van der Waals surface area contributed by atoms with Crippen molar-refractivity contribution >= 4 is 17.7 Å². The Morgan fingerprint density at radius 2 is 1.86 bits per heavy atom. The van der Waals surface area contributed by atoms with Crippen molar-refractivity contribution in [1.82, 2.24) is 5.32 Å². The predicted molar refractivity (Wildman–Crippen MR) is 76.4 cm³/mol. The van der Waals surface area contributed by atoms with E-state index in [4.69, 9.17) is 9.84 Å². The van der Waals surface area contributed by atoms with Gasteiger partial charge in [-0.15, -0.1) is 4.91 Å². The second-order valence-corrected chi connectivity index (χ2v) is 5.50. The number of carbonyl (C=O) groups excluding carboxylic acids is 1. The fourth-order valence-corrected chi connectivity index (χ4v) is 1.58. The summed E-state index contributed by atoms with van der Waals surface area (Å²) in [5.41, 5.74) is 0.210. The predicted octanol–water partition coefficient (Wildman–Crippen LogP) is 2.60. The molecule has 1 unspecified atom stereocenters. The number of nitrogens with one attached hydrogen (secondary N) is 1. The lowest BCUT2D eigenvalue weighted by Gasteiger charge is -2.22. The molecule has 2 N–H and O–H groups in total. The molecule has 0 spiro atoms. The van der Waals surface area contributed by atoms with E-state index in [1.807, 2.05) is 0 Å². The summed E-state index contributed by atoms with van der Waals surface area (Å²) < 4.78 is 5.02. The molecule has 0 saturated heterocycles. The average molecular weight is 294 g/mol. The van der Waals surface area contributed by atoms with E-state index >= 15 is 0 Å². The summed E-state index contributed by atoms with van der Waals surface area (Å²) in [6.45, 7) is 5.06. The summed E-state index contributed by atoms with van der Waals surface area (Å²) in [4.78, 5) is 33.1. The molecule has 0 heterocycles. The van der Waals surface area contributed by atoms with Gasteiger partial charge in [-0.2, -0.15) is 0 Å². The van der Waals surface area contributed by atoms with E-state index in [2.05, 4.69) is 10.5 Å². The summed E-state index contributed by atoms with van der Waals surface area (Å²) >= 11 is 0. The number of ether oxygens (including phenoxy) is 1. The van der Waals surface area contributed by atoms with Crippen LogP contribution in [0.15, 0.2) is 29.4 Å². The maximum Gasteiger partial charge on any atom is 0.408 e. The van der Waals surface area contributed by atoms with Crippen LogP contribution in [-0.4, -0.2) is 28.8 Å². The van der Waals surface area contributed by atoms with E-state index in [9.17, 15) is 14.5 Å². The minimum Gasteiger partial charge on any atom is -0.480 e. The van der Waals surface area contributed by atoms with Crippen LogP contribution in [0.4, 0.5) is 10.5 Å². The Labute approximate surface area is 122 Å². The third kappa shape index (κ3) is 6.03. The van der Waals surface area contributed by atoms with Crippen LogP contribution in [0, 0.1) is 4.91 Å². The second kappa shape index (κ2) is 6.83. The van der Waals surface area contributed by atoms with Crippen LogP contribution in [0.5, 0.6) is 0 Å². The number of amides is 1. The van der Waals surface area contributed by atoms with E-state index in [-0.39, 0.29) is 12.1 Å². The summed E-state index contributed by atoms with van der Waals surface area (Å²) in [6, 6.07) is 5.02. The highest BCUT2D eigenvalue weighted by Gasteiger charge is 2.24. The minimum absolute atomic E-state index is 0.0771. The molecule has 0 aromatic heterocycles. The third-order valence-electron chi connectivity index (χ3n) is 2.47. The van der Waals surface area contributed by atoms with E-state index in [0.717, 1.165) is 0 Å². The molecule has 0 fully saturated rings. The van der Waals surface area contributed by atoms with Gasteiger partial charge in [0.2, 0.25) is 0 Å². The molecule has 0 radical (unpaired) electrons. The standard InChI is InChI=1S/C14H18N2O5/c1-14(2,3)21-13(19)15-11(12(17)18)8-9-4-6-10(16-20)7-5-9/h4-7,11H,8H2,1-3H3,(H,15,19)(H,17,18). The zero-order chi connectivity index (χ0) is 16.0. The van der Waals surface area contributed by atoms with E-state index in [1.54, 1.807) is 32.9 Å². The Hall–Kier alpha value is -2.44. The molecule has 0 bridgehead atoms. The first-order valence-corrected chi connectivity index (χ1v) is 6.36. The summed E-state index contributed by atoms with van der Waals surface area (Å²) in [7, 11) is 0. The van der Waals surface area contributed by atoms with Gasteiger partial charge in [0.05, 0.1) is 0 Å². The first-order chi connectivity index (χ1) is 9.71. The molecule has 0 aliphatic heterocycles. The molecule has 1 atom stereocenters. The maximum absolute atomic E-state index is 11.6. The third-order valence-corrected chi connectivity index (χ3v) is 2.47. The lowest BCUT2D eigenvalue weighted by Crippen LogP contribution is -2.44. The molecule has 1 amide bonds. The molecule has 1 aromatic carbocycles. The van der Waals surface area contributed by atoms with Crippen molar-refractivity contribution in [1.29, 1.82) is 0 Å². The molecule has 21 heavy (non-hydrogen) atoms. The highest BCUT2D eigenvalue weighted by molar-refractivity contribution is 5.80. The largest absolute Gasteiger partial charge is 0.480 e. The topological polar surface area (TPSA) is 105 Å². The van der Waals surface area contributed by atoms with Crippen LogP contribution in [0.2, 0.25) is 0 Å². The minimum atomic E-state index is -1.17. The smallest absolute Gasteiger partial charge is 0.408 e. The van der Waals surface area contributed by atoms with Gasteiger partial charge in [0.25, 0.3) is 0 Å².